The van der Waals surface area contributed by atoms with Gasteiger partial charge in [0.15, 0.2) is 11.2 Å². The van der Waals surface area contributed by atoms with Crippen molar-refractivity contribution in [2.45, 2.75) is 6.92 Å². The Morgan fingerprint density at radius 3 is 2.69 bits per heavy atom. The summed E-state index contributed by atoms with van der Waals surface area (Å²) in [4.78, 5) is 22.3. The number of nitrogens with one attached hydrogen (secondary N) is 1. The van der Waals surface area contributed by atoms with Gasteiger partial charge in [-0.05, 0) is 24.6 Å². The molecule has 0 atom stereocenters. The topological polar surface area (TPSA) is 126 Å². The fraction of sp³-hybridized carbons (Fsp3) is 0.0476. The monoisotopic (exact) mass is 382 g/mol. The van der Waals surface area contributed by atoms with Crippen LogP contribution < -0.4 is 11.3 Å². The van der Waals surface area contributed by atoms with Crippen molar-refractivity contribution in [2.24, 2.45) is 0 Å². The second kappa shape index (κ2) is 6.07. The quantitative estimate of drug-likeness (QED) is 0.451. The summed E-state index contributed by atoms with van der Waals surface area (Å²) in [5.41, 5.74) is 9.68. The predicted molar refractivity (Wildman–Crippen MR) is 108 cm³/mol. The number of aryl methyl sites for hydroxylation is 1. The summed E-state index contributed by atoms with van der Waals surface area (Å²) < 4.78 is 7.03. The maximum atomic E-state index is 13.3. The zero-order valence-corrected chi connectivity index (χ0v) is 15.3. The van der Waals surface area contributed by atoms with Gasteiger partial charge in [-0.2, -0.15) is 9.78 Å². The summed E-state index contributed by atoms with van der Waals surface area (Å²) in [6.45, 7) is 1.72. The van der Waals surface area contributed by atoms with Crippen molar-refractivity contribution in [3.8, 4) is 28.7 Å². The van der Waals surface area contributed by atoms with Crippen molar-refractivity contribution < 1.29 is 4.42 Å². The molecule has 0 bridgehead atoms. The molecule has 0 aliphatic rings. The van der Waals surface area contributed by atoms with E-state index in [2.05, 4.69) is 21.1 Å². The highest BCUT2D eigenvalue weighted by atomic mass is 16.3. The van der Waals surface area contributed by atoms with Crippen LogP contribution in [0, 0.1) is 18.3 Å². The molecule has 29 heavy (non-hydrogen) atoms. The highest BCUT2D eigenvalue weighted by Crippen LogP contribution is 2.29. The van der Waals surface area contributed by atoms with Crippen LogP contribution in [0.2, 0.25) is 0 Å². The SMILES string of the molecule is Cc1nc2c(-c3ccccc3)c(C#N)[nH]n2c(=O)c1-c1nc2ccc(N)cc2o1. The molecule has 3 heterocycles. The molecule has 0 saturated carbocycles. The number of aromatic nitrogens is 4. The molecule has 140 valence electrons. The van der Waals surface area contributed by atoms with E-state index in [1.165, 1.54) is 4.52 Å². The maximum absolute atomic E-state index is 13.3. The number of fused-ring (bicyclic) bond motifs is 2. The Kier molecular flexibility index (Phi) is 3.51. The molecule has 0 unspecified atom stereocenters. The first-order valence-corrected chi connectivity index (χ1v) is 8.84. The molecule has 0 saturated heterocycles. The van der Waals surface area contributed by atoms with Crippen LogP contribution in [0.5, 0.6) is 0 Å². The van der Waals surface area contributed by atoms with Gasteiger partial charge in [-0.15, -0.1) is 0 Å². The van der Waals surface area contributed by atoms with Crippen LogP contribution >= 0.6 is 0 Å². The third kappa shape index (κ3) is 2.49. The van der Waals surface area contributed by atoms with Gasteiger partial charge in [-0.3, -0.25) is 9.89 Å². The van der Waals surface area contributed by atoms with Crippen LogP contribution in [0.25, 0.3) is 39.3 Å². The van der Waals surface area contributed by atoms with Crippen molar-refractivity contribution in [1.29, 1.82) is 5.26 Å². The highest BCUT2D eigenvalue weighted by Gasteiger charge is 2.22. The lowest BCUT2D eigenvalue weighted by molar-refractivity contribution is 0.616. The van der Waals surface area contributed by atoms with Crippen molar-refractivity contribution in [2.75, 3.05) is 5.73 Å². The molecule has 0 aliphatic carbocycles. The van der Waals surface area contributed by atoms with Gasteiger partial charge in [0.1, 0.15) is 22.8 Å². The number of anilines is 1. The first-order chi connectivity index (χ1) is 14.1. The fourth-order valence-corrected chi connectivity index (χ4v) is 3.43. The molecule has 8 heteroatoms. The van der Waals surface area contributed by atoms with Gasteiger partial charge < -0.3 is 10.2 Å². The second-order valence-electron chi connectivity index (χ2n) is 6.62. The number of rotatable bonds is 2. The van der Waals surface area contributed by atoms with Crippen LogP contribution in [0.3, 0.4) is 0 Å². The van der Waals surface area contributed by atoms with E-state index in [1.807, 2.05) is 30.3 Å². The number of hydrogen-bond donors (Lipinski definition) is 2. The van der Waals surface area contributed by atoms with E-state index in [9.17, 15) is 10.1 Å². The van der Waals surface area contributed by atoms with E-state index in [1.54, 1.807) is 25.1 Å². The molecule has 2 aromatic carbocycles. The van der Waals surface area contributed by atoms with Crippen LogP contribution in [0.4, 0.5) is 5.69 Å². The minimum absolute atomic E-state index is 0.157. The van der Waals surface area contributed by atoms with E-state index < -0.39 is 5.56 Å². The average Bonchev–Trinajstić information content (AvgIpc) is 3.29. The zero-order valence-electron chi connectivity index (χ0n) is 15.3. The van der Waals surface area contributed by atoms with Gasteiger partial charge in [0.2, 0.25) is 5.89 Å². The zero-order chi connectivity index (χ0) is 20.1. The number of hydrogen-bond acceptors (Lipinski definition) is 6. The largest absolute Gasteiger partial charge is 0.436 e. The number of nitrogens with two attached hydrogens (primary N) is 1. The van der Waals surface area contributed by atoms with Crippen molar-refractivity contribution >= 4 is 22.4 Å². The number of nitriles is 1. The summed E-state index contributed by atoms with van der Waals surface area (Å²) in [6.07, 6.45) is 0. The normalized spacial score (nSPS) is 11.2. The first-order valence-electron chi connectivity index (χ1n) is 8.84. The van der Waals surface area contributed by atoms with Crippen LogP contribution in [-0.4, -0.2) is 19.6 Å². The van der Waals surface area contributed by atoms with E-state index in [4.69, 9.17) is 10.2 Å². The van der Waals surface area contributed by atoms with E-state index in [0.29, 0.717) is 33.7 Å². The lowest BCUT2D eigenvalue weighted by Gasteiger charge is -2.03. The number of nitrogens with zero attached hydrogens (tertiary/aromatic N) is 4. The Morgan fingerprint density at radius 2 is 1.93 bits per heavy atom. The molecule has 0 radical (unpaired) electrons. The molecule has 3 aromatic heterocycles. The van der Waals surface area contributed by atoms with Crippen molar-refractivity contribution in [3.05, 3.63) is 70.3 Å². The fourth-order valence-electron chi connectivity index (χ4n) is 3.43. The standard InChI is InChI=1S/C21H14N6O2/c1-11-17(20-25-14-8-7-13(23)9-16(14)29-20)21(28)27-19(24-11)18(15(10-22)26-27)12-5-3-2-4-6-12/h2-9,26H,23H2,1H3. The molecule has 0 spiro atoms. The Hall–Kier alpha value is -4.38. The third-order valence-electron chi connectivity index (χ3n) is 4.76. The Morgan fingerprint density at radius 1 is 1.14 bits per heavy atom. The van der Waals surface area contributed by atoms with Crippen LogP contribution in [-0.2, 0) is 0 Å². The molecule has 0 fully saturated rings. The molecule has 8 nitrogen and oxygen atoms in total. The molecule has 5 rings (SSSR count). The van der Waals surface area contributed by atoms with Crippen LogP contribution in [0.1, 0.15) is 11.4 Å². The number of nitrogen functional groups attached to an aromatic ring is 1. The van der Waals surface area contributed by atoms with E-state index >= 15 is 0 Å². The maximum Gasteiger partial charge on any atom is 0.285 e. The second-order valence-corrected chi connectivity index (χ2v) is 6.62. The third-order valence-corrected chi connectivity index (χ3v) is 4.76. The van der Waals surface area contributed by atoms with Gasteiger partial charge in [0.05, 0.1) is 11.3 Å². The van der Waals surface area contributed by atoms with Gasteiger partial charge in [0.25, 0.3) is 5.56 Å². The molecule has 3 N–H and O–H groups in total. The number of H-pyrrole nitrogens is 1. The smallest absolute Gasteiger partial charge is 0.285 e. The van der Waals surface area contributed by atoms with Gasteiger partial charge in [0, 0.05) is 11.8 Å². The Balaban J connectivity index is 1.81. The minimum atomic E-state index is -0.397. The number of oxazole rings is 1. The van der Waals surface area contributed by atoms with E-state index in [-0.39, 0.29) is 17.1 Å². The first kappa shape index (κ1) is 16.8. The Labute approximate surface area is 163 Å². The molecular formula is C21H14N6O2. The number of benzene rings is 2. The number of aromatic amines is 1. The summed E-state index contributed by atoms with van der Waals surface area (Å²) in [5, 5.41) is 12.4. The predicted octanol–water partition coefficient (Wildman–Crippen LogP) is 3.26. The molecular weight excluding hydrogens is 368 g/mol. The van der Waals surface area contributed by atoms with Crippen molar-refractivity contribution in [3.63, 3.8) is 0 Å². The summed E-state index contributed by atoms with van der Waals surface area (Å²) in [5.74, 6) is 0.157. The molecule has 5 aromatic rings. The van der Waals surface area contributed by atoms with Gasteiger partial charge in [-0.25, -0.2) is 9.97 Å². The summed E-state index contributed by atoms with van der Waals surface area (Å²) in [7, 11) is 0. The summed E-state index contributed by atoms with van der Waals surface area (Å²) >= 11 is 0. The lowest BCUT2D eigenvalue weighted by atomic mass is 10.1. The van der Waals surface area contributed by atoms with E-state index in [0.717, 1.165) is 5.56 Å². The lowest BCUT2D eigenvalue weighted by Crippen LogP contribution is -2.19. The average molecular weight is 382 g/mol. The summed E-state index contributed by atoms with van der Waals surface area (Å²) in [6, 6.07) is 16.5. The van der Waals surface area contributed by atoms with Gasteiger partial charge >= 0.3 is 0 Å². The molecule has 0 amide bonds. The highest BCUT2D eigenvalue weighted by molar-refractivity contribution is 5.83. The minimum Gasteiger partial charge on any atom is -0.436 e. The van der Waals surface area contributed by atoms with Crippen molar-refractivity contribution in [1.82, 2.24) is 19.6 Å². The molecule has 0 aliphatic heterocycles. The Bertz CT molecular complexity index is 1500. The van der Waals surface area contributed by atoms with Crippen LogP contribution in [0.15, 0.2) is 57.7 Å². The van der Waals surface area contributed by atoms with Gasteiger partial charge in [-0.1, -0.05) is 30.3 Å².